The fraction of sp³-hybridized carbons (Fsp3) is 0.0667. The number of rotatable bonds is 2. The Morgan fingerprint density at radius 1 is 1.21 bits per heavy atom. The molecule has 94 valence electrons. The van der Waals surface area contributed by atoms with Crippen LogP contribution < -0.4 is 5.43 Å². The molecule has 19 heavy (non-hydrogen) atoms. The van der Waals surface area contributed by atoms with Gasteiger partial charge >= 0.3 is 0 Å². The van der Waals surface area contributed by atoms with Gasteiger partial charge in [-0.05, 0) is 36.8 Å². The van der Waals surface area contributed by atoms with E-state index in [2.05, 4.69) is 0 Å². The summed E-state index contributed by atoms with van der Waals surface area (Å²) in [5.74, 6) is 0.701. The highest BCUT2D eigenvalue weighted by atomic mass is 16.3. The maximum Gasteiger partial charge on any atom is 0.203 e. The first-order valence-electron chi connectivity index (χ1n) is 5.76. The van der Waals surface area contributed by atoms with Crippen LogP contribution in [0.1, 0.15) is 15.9 Å². The molecule has 0 saturated heterocycles. The highest BCUT2D eigenvalue weighted by Crippen LogP contribution is 2.26. The topological polar surface area (TPSA) is 60.4 Å². The molecule has 0 N–H and O–H groups in total. The molecule has 0 aliphatic carbocycles. The van der Waals surface area contributed by atoms with Gasteiger partial charge in [-0.15, -0.1) is 0 Å². The summed E-state index contributed by atoms with van der Waals surface area (Å²) in [6.07, 6.45) is 3.27. The van der Waals surface area contributed by atoms with E-state index >= 15 is 0 Å². The van der Waals surface area contributed by atoms with Crippen LogP contribution in [-0.4, -0.2) is 6.29 Å². The predicted molar refractivity (Wildman–Crippen MR) is 70.3 cm³/mol. The number of hydrogen-bond donors (Lipinski definition) is 0. The minimum absolute atomic E-state index is 0.0290. The van der Waals surface area contributed by atoms with E-state index in [4.69, 9.17) is 8.83 Å². The van der Waals surface area contributed by atoms with Crippen molar-refractivity contribution in [3.8, 4) is 11.3 Å². The van der Waals surface area contributed by atoms with E-state index in [9.17, 15) is 9.59 Å². The molecule has 4 nitrogen and oxygen atoms in total. The van der Waals surface area contributed by atoms with E-state index in [0.717, 1.165) is 11.1 Å². The summed E-state index contributed by atoms with van der Waals surface area (Å²) in [6.45, 7) is 1.81. The lowest BCUT2D eigenvalue weighted by Crippen LogP contribution is -2.08. The van der Waals surface area contributed by atoms with Crippen LogP contribution in [0, 0.1) is 6.92 Å². The molecule has 2 aromatic heterocycles. The Morgan fingerprint density at radius 3 is 2.74 bits per heavy atom. The lowest BCUT2D eigenvalue weighted by Gasteiger charge is -2.04. The van der Waals surface area contributed by atoms with E-state index in [0.29, 0.717) is 23.0 Å². The Labute approximate surface area is 108 Å². The number of carbonyl (C=O) groups is 1. The summed E-state index contributed by atoms with van der Waals surface area (Å²) < 4.78 is 10.7. The van der Waals surface area contributed by atoms with Crippen molar-refractivity contribution in [2.45, 2.75) is 6.92 Å². The van der Waals surface area contributed by atoms with Gasteiger partial charge in [0.2, 0.25) is 5.43 Å². The van der Waals surface area contributed by atoms with Crippen LogP contribution in [0.4, 0.5) is 0 Å². The zero-order valence-corrected chi connectivity index (χ0v) is 10.2. The van der Waals surface area contributed by atoms with E-state index in [-0.39, 0.29) is 11.0 Å². The molecule has 0 aliphatic heterocycles. The van der Waals surface area contributed by atoms with Gasteiger partial charge in [0.25, 0.3) is 0 Å². The molecule has 2 heterocycles. The van der Waals surface area contributed by atoms with Crippen molar-refractivity contribution in [2.24, 2.45) is 0 Å². The smallest absolute Gasteiger partial charge is 0.203 e. The third-order valence-electron chi connectivity index (χ3n) is 3.03. The summed E-state index contributed by atoms with van der Waals surface area (Å²) >= 11 is 0. The third-order valence-corrected chi connectivity index (χ3v) is 3.03. The van der Waals surface area contributed by atoms with Crippen molar-refractivity contribution in [1.29, 1.82) is 0 Å². The van der Waals surface area contributed by atoms with Crippen LogP contribution >= 0.6 is 0 Å². The average molecular weight is 254 g/mol. The molecule has 0 fully saturated rings. The van der Waals surface area contributed by atoms with Crippen LogP contribution in [0.25, 0.3) is 22.3 Å². The molecule has 0 bridgehead atoms. The lowest BCUT2D eigenvalue weighted by atomic mass is 10.0. The molecular weight excluding hydrogens is 244 g/mol. The number of furan rings is 1. The molecule has 0 saturated carbocycles. The number of hydrogen-bond acceptors (Lipinski definition) is 4. The highest BCUT2D eigenvalue weighted by Gasteiger charge is 2.12. The van der Waals surface area contributed by atoms with Crippen molar-refractivity contribution < 1.29 is 13.6 Å². The van der Waals surface area contributed by atoms with Crippen molar-refractivity contribution in [3.05, 3.63) is 58.1 Å². The fourth-order valence-corrected chi connectivity index (χ4v) is 2.13. The summed E-state index contributed by atoms with van der Waals surface area (Å²) in [5, 5.41) is 0.430. The Bertz CT molecular complexity index is 810. The van der Waals surface area contributed by atoms with E-state index in [1.54, 1.807) is 25.3 Å². The number of aldehydes is 1. The minimum atomic E-state index is -0.306. The maximum atomic E-state index is 12.1. The zero-order chi connectivity index (χ0) is 13.4. The molecule has 0 unspecified atom stereocenters. The average Bonchev–Trinajstić information content (AvgIpc) is 2.92. The molecule has 0 spiro atoms. The maximum absolute atomic E-state index is 12.1. The molecular formula is C15H10O4. The van der Waals surface area contributed by atoms with Crippen LogP contribution in [-0.2, 0) is 0 Å². The molecule has 3 rings (SSSR count). The van der Waals surface area contributed by atoms with Gasteiger partial charge < -0.3 is 8.83 Å². The monoisotopic (exact) mass is 254 g/mol. The third kappa shape index (κ3) is 1.78. The van der Waals surface area contributed by atoms with Crippen molar-refractivity contribution >= 4 is 17.3 Å². The number of aryl methyl sites for hydroxylation is 1. The Hall–Kier alpha value is -2.62. The number of carbonyl (C=O) groups excluding carboxylic acids is 1. The standard InChI is InChI=1S/C15H10O4/c1-9-5-10(12-3-2-4-18-12)6-13-14(9)15(17)11(7-16)8-19-13/h2-8H,1H3. The summed E-state index contributed by atoms with van der Waals surface area (Å²) in [4.78, 5) is 22.8. The van der Waals surface area contributed by atoms with E-state index in [1.165, 1.54) is 6.26 Å². The first-order chi connectivity index (χ1) is 9.20. The van der Waals surface area contributed by atoms with Crippen molar-refractivity contribution in [3.63, 3.8) is 0 Å². The van der Waals surface area contributed by atoms with Gasteiger partial charge in [0.1, 0.15) is 17.6 Å². The first kappa shape index (κ1) is 11.5. The van der Waals surface area contributed by atoms with Crippen molar-refractivity contribution in [2.75, 3.05) is 0 Å². The Morgan fingerprint density at radius 2 is 2.05 bits per heavy atom. The molecule has 4 heteroatoms. The molecule has 0 aliphatic rings. The SMILES string of the molecule is Cc1cc(-c2ccco2)cc2occ(C=O)c(=O)c12. The largest absolute Gasteiger partial charge is 0.464 e. The van der Waals surface area contributed by atoms with Gasteiger partial charge in [-0.2, -0.15) is 0 Å². The lowest BCUT2D eigenvalue weighted by molar-refractivity contribution is 0.112. The molecule has 0 atom stereocenters. The fourth-order valence-electron chi connectivity index (χ4n) is 2.13. The second-order valence-electron chi connectivity index (χ2n) is 4.28. The van der Waals surface area contributed by atoms with Gasteiger partial charge in [-0.25, -0.2) is 0 Å². The molecule has 0 amide bonds. The van der Waals surface area contributed by atoms with Gasteiger partial charge in [-0.1, -0.05) is 0 Å². The summed E-state index contributed by atoms with van der Waals surface area (Å²) in [5.41, 5.74) is 1.75. The summed E-state index contributed by atoms with van der Waals surface area (Å²) in [7, 11) is 0. The van der Waals surface area contributed by atoms with Crippen LogP contribution in [0.15, 0.2) is 50.4 Å². The van der Waals surface area contributed by atoms with Gasteiger partial charge in [0, 0.05) is 5.56 Å². The van der Waals surface area contributed by atoms with Crippen molar-refractivity contribution in [1.82, 2.24) is 0 Å². The number of benzene rings is 1. The highest BCUT2D eigenvalue weighted by molar-refractivity contribution is 5.89. The zero-order valence-electron chi connectivity index (χ0n) is 10.2. The second-order valence-corrected chi connectivity index (χ2v) is 4.28. The quantitative estimate of drug-likeness (QED) is 0.659. The number of fused-ring (bicyclic) bond motifs is 1. The Kier molecular flexibility index (Phi) is 2.56. The molecule has 1 aromatic carbocycles. The first-order valence-corrected chi connectivity index (χ1v) is 5.76. The van der Waals surface area contributed by atoms with E-state index in [1.807, 2.05) is 12.1 Å². The minimum Gasteiger partial charge on any atom is -0.464 e. The predicted octanol–water partition coefficient (Wildman–Crippen LogP) is 3.17. The second kappa shape index (κ2) is 4.24. The summed E-state index contributed by atoms with van der Waals surface area (Å²) in [6, 6.07) is 7.20. The van der Waals surface area contributed by atoms with Gasteiger partial charge in [0.05, 0.1) is 17.2 Å². The molecule has 3 aromatic rings. The normalized spacial score (nSPS) is 10.8. The van der Waals surface area contributed by atoms with Crippen LogP contribution in [0.2, 0.25) is 0 Å². The van der Waals surface area contributed by atoms with Gasteiger partial charge in [0.15, 0.2) is 6.29 Å². The van der Waals surface area contributed by atoms with E-state index < -0.39 is 0 Å². The van der Waals surface area contributed by atoms with Crippen LogP contribution in [0.3, 0.4) is 0 Å². The van der Waals surface area contributed by atoms with Crippen LogP contribution in [0.5, 0.6) is 0 Å². The van der Waals surface area contributed by atoms with Gasteiger partial charge in [-0.3, -0.25) is 9.59 Å². The molecule has 0 radical (unpaired) electrons. The Balaban J connectivity index is 2.35.